The number of oxazole rings is 1. The van der Waals surface area contributed by atoms with E-state index in [1.807, 2.05) is 19.2 Å². The Morgan fingerprint density at radius 2 is 2.24 bits per heavy atom. The van der Waals surface area contributed by atoms with Crippen LogP contribution in [0.25, 0.3) is 0 Å². The number of carbonyl (C=O) groups excluding carboxylic acids is 1. The molecule has 0 radical (unpaired) electrons. The van der Waals surface area contributed by atoms with Gasteiger partial charge < -0.3 is 14.5 Å². The van der Waals surface area contributed by atoms with E-state index in [2.05, 4.69) is 15.3 Å². The van der Waals surface area contributed by atoms with E-state index in [4.69, 9.17) is 9.15 Å². The number of aryl methyl sites for hydroxylation is 3. The van der Waals surface area contributed by atoms with Gasteiger partial charge in [-0.15, -0.1) is 11.3 Å². The summed E-state index contributed by atoms with van der Waals surface area (Å²) < 4.78 is 10.4. The number of esters is 1. The van der Waals surface area contributed by atoms with E-state index in [-0.39, 0.29) is 5.97 Å². The largest absolute Gasteiger partial charge is 0.466 e. The molecule has 0 bridgehead atoms. The number of nitrogens with one attached hydrogen (secondary N) is 1. The molecule has 6 nitrogen and oxygen atoms in total. The van der Waals surface area contributed by atoms with Gasteiger partial charge in [0.05, 0.1) is 31.0 Å². The Kier molecular flexibility index (Phi) is 5.32. The smallest absolute Gasteiger partial charge is 0.306 e. The molecule has 114 valence electrons. The number of thiazole rings is 1. The van der Waals surface area contributed by atoms with Gasteiger partial charge in [-0.1, -0.05) is 0 Å². The van der Waals surface area contributed by atoms with Crippen LogP contribution < -0.4 is 5.32 Å². The van der Waals surface area contributed by atoms with Crippen LogP contribution in [0.5, 0.6) is 0 Å². The van der Waals surface area contributed by atoms with Crippen LogP contribution in [0.4, 0.5) is 5.13 Å². The van der Waals surface area contributed by atoms with Gasteiger partial charge in [-0.2, -0.15) is 0 Å². The van der Waals surface area contributed by atoms with Crippen molar-refractivity contribution in [3.8, 4) is 0 Å². The molecule has 21 heavy (non-hydrogen) atoms. The highest BCUT2D eigenvalue weighted by atomic mass is 32.1. The van der Waals surface area contributed by atoms with Gasteiger partial charge in [-0.25, -0.2) is 9.97 Å². The quantitative estimate of drug-likeness (QED) is 0.792. The third-order valence-electron chi connectivity index (χ3n) is 2.91. The Balaban J connectivity index is 1.81. The van der Waals surface area contributed by atoms with Crippen molar-refractivity contribution in [2.24, 2.45) is 0 Å². The van der Waals surface area contributed by atoms with E-state index in [1.54, 1.807) is 6.92 Å². The summed E-state index contributed by atoms with van der Waals surface area (Å²) in [4.78, 5) is 20.0. The molecular formula is C14H19N3O3S. The van der Waals surface area contributed by atoms with Gasteiger partial charge in [0.15, 0.2) is 5.13 Å². The average molecular weight is 309 g/mol. The van der Waals surface area contributed by atoms with E-state index in [1.165, 1.54) is 11.3 Å². The molecule has 0 spiro atoms. The highest BCUT2D eigenvalue weighted by molar-refractivity contribution is 7.13. The minimum atomic E-state index is -0.189. The molecule has 0 aliphatic heterocycles. The summed E-state index contributed by atoms with van der Waals surface area (Å²) in [7, 11) is 0. The summed E-state index contributed by atoms with van der Waals surface area (Å²) in [5.74, 6) is 1.29. The molecule has 0 amide bonds. The molecule has 0 fully saturated rings. The van der Waals surface area contributed by atoms with Gasteiger partial charge in [0.25, 0.3) is 0 Å². The van der Waals surface area contributed by atoms with Crippen LogP contribution in [0.15, 0.2) is 9.80 Å². The zero-order valence-corrected chi connectivity index (χ0v) is 13.2. The fraction of sp³-hybridized carbons (Fsp3) is 0.500. The van der Waals surface area contributed by atoms with Gasteiger partial charge in [-0.05, 0) is 20.8 Å². The van der Waals surface area contributed by atoms with Gasteiger partial charge >= 0.3 is 5.97 Å². The average Bonchev–Trinajstić information content (AvgIpc) is 3.02. The third kappa shape index (κ3) is 4.56. The highest BCUT2D eigenvalue weighted by Gasteiger charge is 2.08. The van der Waals surface area contributed by atoms with Crippen molar-refractivity contribution >= 4 is 22.4 Å². The molecule has 2 heterocycles. The maximum atomic E-state index is 11.3. The van der Waals surface area contributed by atoms with E-state index < -0.39 is 0 Å². The minimum absolute atomic E-state index is 0.189. The molecule has 1 N–H and O–H groups in total. The molecule has 2 aromatic heterocycles. The normalized spacial score (nSPS) is 10.6. The summed E-state index contributed by atoms with van der Waals surface area (Å²) in [5, 5.41) is 5.90. The lowest BCUT2D eigenvalue weighted by atomic mass is 10.2. The number of carbonyl (C=O) groups is 1. The van der Waals surface area contributed by atoms with Crippen LogP contribution in [0.2, 0.25) is 0 Å². The zero-order chi connectivity index (χ0) is 15.2. The van der Waals surface area contributed by atoms with Crippen molar-refractivity contribution in [2.45, 2.75) is 40.2 Å². The lowest BCUT2D eigenvalue weighted by Crippen LogP contribution is -2.05. The van der Waals surface area contributed by atoms with Crippen LogP contribution in [0, 0.1) is 13.8 Å². The molecule has 0 aliphatic carbocycles. The number of ether oxygens (including phenoxy) is 1. The van der Waals surface area contributed by atoms with Crippen molar-refractivity contribution in [3.63, 3.8) is 0 Å². The fourth-order valence-corrected chi connectivity index (χ4v) is 2.48. The summed E-state index contributed by atoms with van der Waals surface area (Å²) in [6.45, 7) is 6.52. The molecule has 2 rings (SSSR count). The molecular weight excluding hydrogens is 290 g/mol. The molecule has 0 atom stereocenters. The molecule has 0 unspecified atom stereocenters. The topological polar surface area (TPSA) is 77.2 Å². The first kappa shape index (κ1) is 15.5. The molecule has 0 aliphatic rings. The van der Waals surface area contributed by atoms with Crippen molar-refractivity contribution in [1.29, 1.82) is 0 Å². The lowest BCUT2D eigenvalue weighted by Gasteiger charge is -1.99. The van der Waals surface area contributed by atoms with Gasteiger partial charge in [0.1, 0.15) is 5.76 Å². The second-order valence-electron chi connectivity index (χ2n) is 4.55. The number of nitrogens with zero attached hydrogens (tertiary/aromatic N) is 2. The van der Waals surface area contributed by atoms with E-state index in [0.717, 1.165) is 22.3 Å². The number of aromatic nitrogens is 2. The molecule has 0 saturated heterocycles. The summed E-state index contributed by atoms with van der Waals surface area (Å²) in [6.07, 6.45) is 0.948. The van der Waals surface area contributed by atoms with Crippen LogP contribution >= 0.6 is 11.3 Å². The predicted molar refractivity (Wildman–Crippen MR) is 80.4 cm³/mol. The second-order valence-corrected chi connectivity index (χ2v) is 5.41. The highest BCUT2D eigenvalue weighted by Crippen LogP contribution is 2.18. The summed E-state index contributed by atoms with van der Waals surface area (Å²) in [6, 6.07) is 0. The number of rotatable bonds is 7. The van der Waals surface area contributed by atoms with Crippen molar-refractivity contribution < 1.29 is 13.9 Å². The molecule has 2 aromatic rings. The lowest BCUT2D eigenvalue weighted by molar-refractivity contribution is -0.143. The Labute approximate surface area is 127 Å². The van der Waals surface area contributed by atoms with Gasteiger partial charge in [0.2, 0.25) is 5.89 Å². The van der Waals surface area contributed by atoms with Crippen LogP contribution in [0.3, 0.4) is 0 Å². The predicted octanol–water partition coefficient (Wildman–Crippen LogP) is 2.86. The van der Waals surface area contributed by atoms with Gasteiger partial charge in [0, 0.05) is 11.8 Å². The monoisotopic (exact) mass is 309 g/mol. The van der Waals surface area contributed by atoms with Crippen molar-refractivity contribution in [2.75, 3.05) is 11.9 Å². The molecule has 7 heteroatoms. The van der Waals surface area contributed by atoms with Crippen molar-refractivity contribution in [1.82, 2.24) is 9.97 Å². The number of anilines is 1. The SMILES string of the molecule is CCOC(=O)CCc1csc(NCc2nc(C)c(C)o2)n1. The standard InChI is InChI=1S/C14H19N3O3S/c1-4-19-13(18)6-5-11-8-21-14(17-11)15-7-12-16-9(2)10(3)20-12/h8H,4-7H2,1-3H3,(H,15,17). The second kappa shape index (κ2) is 7.21. The Morgan fingerprint density at radius 1 is 1.43 bits per heavy atom. The first-order chi connectivity index (χ1) is 10.1. The van der Waals surface area contributed by atoms with Crippen LogP contribution in [-0.4, -0.2) is 22.5 Å². The molecule has 0 saturated carbocycles. The van der Waals surface area contributed by atoms with Crippen LogP contribution in [0.1, 0.15) is 36.4 Å². The molecule has 0 aromatic carbocycles. The maximum Gasteiger partial charge on any atom is 0.306 e. The Morgan fingerprint density at radius 3 is 2.90 bits per heavy atom. The van der Waals surface area contributed by atoms with E-state index in [0.29, 0.717) is 31.9 Å². The van der Waals surface area contributed by atoms with Crippen molar-refractivity contribution in [3.05, 3.63) is 28.4 Å². The van der Waals surface area contributed by atoms with E-state index in [9.17, 15) is 4.79 Å². The van der Waals surface area contributed by atoms with E-state index >= 15 is 0 Å². The number of hydrogen-bond acceptors (Lipinski definition) is 7. The maximum absolute atomic E-state index is 11.3. The minimum Gasteiger partial charge on any atom is -0.466 e. The summed E-state index contributed by atoms with van der Waals surface area (Å²) in [5.41, 5.74) is 1.79. The summed E-state index contributed by atoms with van der Waals surface area (Å²) >= 11 is 1.50. The zero-order valence-electron chi connectivity index (χ0n) is 12.4. The Bertz CT molecular complexity index is 587. The Hall–Kier alpha value is -1.89. The first-order valence-corrected chi connectivity index (χ1v) is 7.73. The number of hydrogen-bond donors (Lipinski definition) is 1. The third-order valence-corrected chi connectivity index (χ3v) is 3.75. The van der Waals surface area contributed by atoms with Gasteiger partial charge in [-0.3, -0.25) is 4.79 Å². The first-order valence-electron chi connectivity index (χ1n) is 6.85. The fourth-order valence-electron chi connectivity index (χ4n) is 1.73. The van der Waals surface area contributed by atoms with Crippen LogP contribution in [-0.2, 0) is 22.5 Å².